The van der Waals surface area contributed by atoms with Crippen LogP contribution in [-0.4, -0.2) is 110 Å². The number of nitrogens with two attached hydrogens (primary N) is 2. The van der Waals surface area contributed by atoms with E-state index in [9.17, 15) is 53.4 Å². The predicted octanol–water partition coefficient (Wildman–Crippen LogP) is -0.903. The topological polar surface area (TPSA) is 325 Å². The molecule has 1 aliphatic carbocycles. The number of aliphatic carboxylic acids is 1. The number of aliphatic hydroxyl groups is 1. The number of carbonyl (C=O) groups is 8. The molecule has 0 spiro atoms. The van der Waals surface area contributed by atoms with E-state index in [0.29, 0.717) is 33.2 Å². The van der Waals surface area contributed by atoms with E-state index in [4.69, 9.17) is 21.2 Å². The molecule has 21 nitrogen and oxygen atoms in total. The highest BCUT2D eigenvalue weighted by Crippen LogP contribution is 2.48. The Morgan fingerprint density at radius 3 is 2.37 bits per heavy atom. The molecule has 6 amide bonds. The van der Waals surface area contributed by atoms with Crippen LogP contribution in [0, 0.1) is 12.7 Å². The van der Waals surface area contributed by atoms with Crippen LogP contribution in [0.25, 0.3) is 22.3 Å². The first kappa shape index (κ1) is 48.3. The third kappa shape index (κ3) is 9.36. The van der Waals surface area contributed by atoms with Gasteiger partial charge in [0.05, 0.1) is 61.2 Å². The fourth-order valence-corrected chi connectivity index (χ4v) is 9.23. The number of hydrogen-bond donors (Lipinski definition) is 8. The summed E-state index contributed by atoms with van der Waals surface area (Å²) in [7, 11) is 0. The summed E-state index contributed by atoms with van der Waals surface area (Å²) < 4.78 is 22.2. The summed E-state index contributed by atoms with van der Waals surface area (Å²) in [6.07, 6.45) is -0.974. The number of carbonyl (C=O) groups excluding carboxylic acids is 7. The number of primary amides is 1. The highest BCUT2D eigenvalue weighted by atomic mass is 19.1. The number of amides is 6. The molecular weight excluding hydrogens is 890 g/mol. The minimum absolute atomic E-state index is 0.00288. The number of aromatic nitrogens is 2. The van der Waals surface area contributed by atoms with E-state index in [0.717, 1.165) is 4.90 Å². The number of pyridine rings is 2. The van der Waals surface area contributed by atoms with Gasteiger partial charge in [-0.25, -0.2) is 14.2 Å². The fourth-order valence-electron chi connectivity index (χ4n) is 9.23. The van der Waals surface area contributed by atoms with Crippen LogP contribution in [0.3, 0.4) is 0 Å². The second kappa shape index (κ2) is 19.7. The van der Waals surface area contributed by atoms with Crippen molar-refractivity contribution in [1.82, 2.24) is 35.7 Å². The van der Waals surface area contributed by atoms with Gasteiger partial charge in [0, 0.05) is 35.4 Å². The average Bonchev–Trinajstić information content (AvgIpc) is 3.69. The molecular formula is C46H50FN9O12. The van der Waals surface area contributed by atoms with Crippen molar-refractivity contribution in [2.75, 3.05) is 26.2 Å². The van der Waals surface area contributed by atoms with Crippen LogP contribution >= 0.6 is 0 Å². The fraction of sp³-hybridized carbons (Fsp3) is 0.391. The molecule has 2 aromatic heterocycles. The third-order valence-corrected chi connectivity index (χ3v) is 12.7. The maximum atomic E-state index is 15.7. The van der Waals surface area contributed by atoms with Crippen molar-refractivity contribution in [3.8, 4) is 11.4 Å². The molecule has 7 rings (SSSR count). The van der Waals surface area contributed by atoms with Crippen molar-refractivity contribution < 1.29 is 57.7 Å². The largest absolute Gasteiger partial charge is 0.481 e. The molecule has 358 valence electrons. The summed E-state index contributed by atoms with van der Waals surface area (Å²) in [5.41, 5.74) is 11.3. The Hall–Kier alpha value is -7.59. The number of ether oxygens (including phenoxy) is 1. The molecule has 3 aliphatic rings. The zero-order valence-corrected chi connectivity index (χ0v) is 37.1. The Morgan fingerprint density at radius 1 is 0.985 bits per heavy atom. The van der Waals surface area contributed by atoms with E-state index in [1.54, 1.807) is 44.2 Å². The highest BCUT2D eigenvalue weighted by molar-refractivity contribution is 5.97. The third-order valence-electron chi connectivity index (χ3n) is 12.7. The van der Waals surface area contributed by atoms with Gasteiger partial charge < -0.3 is 57.2 Å². The number of carboxylic acid groups (broad SMARTS) is 1. The number of benzene rings is 2. The zero-order chi connectivity index (χ0) is 49.2. The molecule has 0 saturated carbocycles. The molecule has 0 radical (unpaired) electrons. The van der Waals surface area contributed by atoms with E-state index in [2.05, 4.69) is 21.3 Å². The zero-order valence-electron chi connectivity index (χ0n) is 37.1. The summed E-state index contributed by atoms with van der Waals surface area (Å²) >= 11 is 0. The maximum Gasteiger partial charge on any atom is 0.343 e. The normalized spacial score (nSPS) is 17.4. The number of fused-ring (bicyclic) bond motifs is 5. The summed E-state index contributed by atoms with van der Waals surface area (Å²) in [4.78, 5) is 124. The Kier molecular flexibility index (Phi) is 14.0. The number of nitrogens with zero attached hydrogens (tertiary/aromatic N) is 3. The molecule has 0 saturated heterocycles. The number of rotatable bonds is 18. The van der Waals surface area contributed by atoms with Crippen molar-refractivity contribution in [3.63, 3.8) is 0 Å². The van der Waals surface area contributed by atoms with Crippen molar-refractivity contribution in [2.45, 2.75) is 89.3 Å². The monoisotopic (exact) mass is 939 g/mol. The Morgan fingerprint density at radius 2 is 1.69 bits per heavy atom. The number of cyclic esters (lactones) is 1. The van der Waals surface area contributed by atoms with Gasteiger partial charge in [-0.3, -0.25) is 38.4 Å². The number of hydrogen-bond acceptors (Lipinski definition) is 13. The lowest BCUT2D eigenvalue weighted by atomic mass is 9.80. The first-order chi connectivity index (χ1) is 32.4. The van der Waals surface area contributed by atoms with Gasteiger partial charge in [-0.15, -0.1) is 0 Å². The molecule has 2 aromatic carbocycles. The minimum Gasteiger partial charge on any atom is -0.481 e. The standard InChI is InChI=1S/C46H50FN9O12/c1-3-46(67)27-14-33-41-25(20-55(33)44(65)26(27)21-68-45(46)66)40-31(10-9-24-22(2)28(47)15-29(54-41)39(24)40)56(32(42(49)63)11-12-38(61)62)37(60)19-51-35(58)17-52-43(64)30(13-23-7-5-4-6-8-23)53-36(59)18-50-34(57)16-48/h4-8,14-15,30-32,67H,3,9-13,16-21,48H2,1-2H3,(H2,49,63)(H,50,57)(H,51,58)(H,52,64)(H,53,59)(H,61,62)/t30-,31-,32-,46-/m0/s1. The van der Waals surface area contributed by atoms with E-state index in [-0.39, 0.29) is 66.8 Å². The molecule has 22 heteroatoms. The van der Waals surface area contributed by atoms with E-state index in [1.807, 2.05) is 0 Å². The molecule has 0 fully saturated rings. The van der Waals surface area contributed by atoms with Gasteiger partial charge in [-0.2, -0.15) is 0 Å². The van der Waals surface area contributed by atoms with E-state index >= 15 is 4.39 Å². The van der Waals surface area contributed by atoms with Gasteiger partial charge >= 0.3 is 11.9 Å². The number of nitrogens with one attached hydrogen (secondary N) is 4. The van der Waals surface area contributed by atoms with Crippen molar-refractivity contribution in [3.05, 3.63) is 97.6 Å². The van der Waals surface area contributed by atoms with Crippen LogP contribution in [-0.2, 0) is 74.7 Å². The van der Waals surface area contributed by atoms with Gasteiger partial charge in [-0.05, 0) is 60.9 Å². The SMILES string of the molecule is CC[C@@]1(O)C(=O)OCc2c1cc1n(c2=O)Cc2c-1nc1cc(F)c(C)c3c1c2[C@@H](N(C(=O)CNC(=O)CNC(=O)[C@H](Cc1ccccc1)NC(=O)CNC(=O)CN)[C@@H](CCC(=O)O)C(N)=O)CC3. The van der Waals surface area contributed by atoms with Crippen molar-refractivity contribution >= 4 is 58.3 Å². The molecule has 2 aliphatic heterocycles. The Labute approximate surface area is 386 Å². The van der Waals surface area contributed by atoms with Crippen molar-refractivity contribution in [1.29, 1.82) is 0 Å². The first-order valence-electron chi connectivity index (χ1n) is 21.9. The maximum absolute atomic E-state index is 15.7. The van der Waals surface area contributed by atoms with Crippen LogP contribution in [0.15, 0.2) is 47.3 Å². The molecule has 68 heavy (non-hydrogen) atoms. The first-order valence-corrected chi connectivity index (χ1v) is 21.9. The van der Waals surface area contributed by atoms with E-state index in [1.165, 1.54) is 16.7 Å². The van der Waals surface area contributed by atoms with Gasteiger partial charge in [0.15, 0.2) is 5.60 Å². The molecule has 0 bridgehead atoms. The molecule has 4 atom stereocenters. The van der Waals surface area contributed by atoms with Crippen LogP contribution in [0.2, 0.25) is 0 Å². The number of carboxylic acids is 1. The van der Waals surface area contributed by atoms with Crippen LogP contribution < -0.4 is 38.3 Å². The van der Waals surface area contributed by atoms with Crippen LogP contribution in [0.5, 0.6) is 0 Å². The van der Waals surface area contributed by atoms with Crippen LogP contribution in [0.1, 0.15) is 77.6 Å². The van der Waals surface area contributed by atoms with Gasteiger partial charge in [0.1, 0.15) is 24.5 Å². The molecule has 4 aromatic rings. The lowest BCUT2D eigenvalue weighted by Crippen LogP contribution is -2.54. The predicted molar refractivity (Wildman–Crippen MR) is 237 cm³/mol. The second-order valence-corrected chi connectivity index (χ2v) is 16.8. The minimum atomic E-state index is -2.16. The quantitative estimate of drug-likeness (QED) is 0.0494. The smallest absolute Gasteiger partial charge is 0.343 e. The Balaban J connectivity index is 1.21. The average molecular weight is 940 g/mol. The van der Waals surface area contributed by atoms with Gasteiger partial charge in [0.2, 0.25) is 35.4 Å². The molecule has 0 unspecified atom stereocenters. The lowest BCUT2D eigenvalue weighted by Gasteiger charge is -2.40. The summed E-state index contributed by atoms with van der Waals surface area (Å²) in [6.45, 7) is 0.264. The van der Waals surface area contributed by atoms with Crippen LogP contribution in [0.4, 0.5) is 4.39 Å². The summed E-state index contributed by atoms with van der Waals surface area (Å²) in [5, 5.41) is 31.3. The van der Waals surface area contributed by atoms with Gasteiger partial charge in [-0.1, -0.05) is 37.3 Å². The number of esters is 1. The lowest BCUT2D eigenvalue weighted by molar-refractivity contribution is -0.172. The second-order valence-electron chi connectivity index (χ2n) is 16.8. The Bertz CT molecular complexity index is 2840. The highest BCUT2D eigenvalue weighted by Gasteiger charge is 2.47. The summed E-state index contributed by atoms with van der Waals surface area (Å²) in [5.74, 6) is -7.73. The van der Waals surface area contributed by atoms with Gasteiger partial charge in [0.25, 0.3) is 5.56 Å². The van der Waals surface area contributed by atoms with E-state index < -0.39 is 122 Å². The summed E-state index contributed by atoms with van der Waals surface area (Å²) in [6, 6.07) is 7.43. The number of halogens is 1. The number of aryl methyl sites for hydroxylation is 1. The van der Waals surface area contributed by atoms with Crippen molar-refractivity contribution in [2.24, 2.45) is 11.5 Å². The molecule has 4 heterocycles. The molecule has 10 N–H and O–H groups in total.